The number of hydrogen-bond acceptors (Lipinski definition) is 5. The van der Waals surface area contributed by atoms with Gasteiger partial charge >= 0.3 is 0 Å². The predicted octanol–water partition coefficient (Wildman–Crippen LogP) is 0.825. The fourth-order valence-electron chi connectivity index (χ4n) is 1.95. The number of hydrogen-bond donors (Lipinski definition) is 1. The maximum absolute atomic E-state index is 5.52. The summed E-state index contributed by atoms with van der Waals surface area (Å²) in [6.07, 6.45) is 3.63. The van der Waals surface area contributed by atoms with Crippen LogP contribution in [0.4, 0.5) is 0 Å². The number of methoxy groups -OCH3 is 2. The maximum Gasteiger partial charge on any atom is 0.0802 e. The van der Waals surface area contributed by atoms with Crippen LogP contribution in [0.25, 0.3) is 0 Å². The van der Waals surface area contributed by atoms with Gasteiger partial charge in [-0.15, -0.1) is 0 Å². The van der Waals surface area contributed by atoms with E-state index < -0.39 is 0 Å². The maximum atomic E-state index is 5.52. The second kappa shape index (κ2) is 9.69. The molecule has 0 radical (unpaired) electrons. The molecule has 5 heteroatoms. The van der Waals surface area contributed by atoms with Gasteiger partial charge in [0.05, 0.1) is 38.6 Å². The standard InChI is InChI=1S/C13H27NO4/c1-15-8-9-18-11-10-17-7-6-14-12-13(16-2)4-3-5-13/h14H,3-12H2,1-2H3. The quantitative estimate of drug-likeness (QED) is 0.527. The normalized spacial score (nSPS) is 17.7. The first-order chi connectivity index (χ1) is 8.83. The Kier molecular flexibility index (Phi) is 8.54. The van der Waals surface area contributed by atoms with E-state index >= 15 is 0 Å². The van der Waals surface area contributed by atoms with E-state index in [0.717, 1.165) is 13.1 Å². The first-order valence-electron chi connectivity index (χ1n) is 6.73. The smallest absolute Gasteiger partial charge is 0.0802 e. The van der Waals surface area contributed by atoms with Crippen molar-refractivity contribution in [1.82, 2.24) is 5.32 Å². The summed E-state index contributed by atoms with van der Waals surface area (Å²) >= 11 is 0. The molecule has 0 aromatic rings. The fourth-order valence-corrected chi connectivity index (χ4v) is 1.95. The summed E-state index contributed by atoms with van der Waals surface area (Å²) in [6, 6.07) is 0. The molecule has 0 bridgehead atoms. The lowest BCUT2D eigenvalue weighted by Crippen LogP contribution is -2.48. The largest absolute Gasteiger partial charge is 0.382 e. The lowest BCUT2D eigenvalue weighted by molar-refractivity contribution is -0.0700. The zero-order valence-corrected chi connectivity index (χ0v) is 11.7. The first kappa shape index (κ1) is 15.9. The van der Waals surface area contributed by atoms with E-state index in [1.165, 1.54) is 19.3 Å². The topological polar surface area (TPSA) is 49.0 Å². The van der Waals surface area contributed by atoms with Crippen molar-refractivity contribution < 1.29 is 18.9 Å². The van der Waals surface area contributed by atoms with E-state index in [1.54, 1.807) is 14.2 Å². The van der Waals surface area contributed by atoms with Crippen molar-refractivity contribution in [2.75, 3.05) is 60.3 Å². The molecule has 1 aliphatic rings. The summed E-state index contributed by atoms with van der Waals surface area (Å²) in [7, 11) is 3.47. The van der Waals surface area contributed by atoms with E-state index in [-0.39, 0.29) is 5.60 Å². The third-order valence-electron chi connectivity index (χ3n) is 3.37. The molecule has 0 amide bonds. The molecule has 0 spiro atoms. The van der Waals surface area contributed by atoms with Gasteiger partial charge in [0.2, 0.25) is 0 Å². The van der Waals surface area contributed by atoms with Gasteiger partial charge in [-0.2, -0.15) is 0 Å². The average Bonchev–Trinajstić information content (AvgIpc) is 2.34. The van der Waals surface area contributed by atoms with Crippen molar-refractivity contribution in [3.05, 3.63) is 0 Å². The van der Waals surface area contributed by atoms with Crippen LogP contribution in [0.5, 0.6) is 0 Å². The van der Waals surface area contributed by atoms with Gasteiger partial charge in [-0.05, 0) is 19.3 Å². The lowest BCUT2D eigenvalue weighted by atomic mass is 9.80. The van der Waals surface area contributed by atoms with Crippen LogP contribution in [0.2, 0.25) is 0 Å². The lowest BCUT2D eigenvalue weighted by Gasteiger charge is -2.40. The van der Waals surface area contributed by atoms with Crippen LogP contribution < -0.4 is 5.32 Å². The van der Waals surface area contributed by atoms with E-state index in [9.17, 15) is 0 Å². The van der Waals surface area contributed by atoms with Crippen LogP contribution in [0.1, 0.15) is 19.3 Å². The molecule has 5 nitrogen and oxygen atoms in total. The highest BCUT2D eigenvalue weighted by molar-refractivity contribution is 4.91. The molecule has 0 aromatic heterocycles. The molecule has 1 rings (SSSR count). The Morgan fingerprint density at radius 3 is 2.17 bits per heavy atom. The molecule has 1 aliphatic carbocycles. The first-order valence-corrected chi connectivity index (χ1v) is 6.73. The highest BCUT2D eigenvalue weighted by Gasteiger charge is 2.36. The van der Waals surface area contributed by atoms with Crippen molar-refractivity contribution in [3.8, 4) is 0 Å². The van der Waals surface area contributed by atoms with Gasteiger partial charge in [-0.3, -0.25) is 0 Å². The van der Waals surface area contributed by atoms with E-state index in [4.69, 9.17) is 18.9 Å². The number of rotatable bonds is 12. The molecule has 0 unspecified atom stereocenters. The van der Waals surface area contributed by atoms with Gasteiger partial charge in [0.25, 0.3) is 0 Å². The van der Waals surface area contributed by atoms with Gasteiger partial charge in [0.15, 0.2) is 0 Å². The molecular formula is C13H27NO4. The molecule has 0 aromatic carbocycles. The van der Waals surface area contributed by atoms with Crippen molar-refractivity contribution in [2.45, 2.75) is 24.9 Å². The summed E-state index contributed by atoms with van der Waals surface area (Å²) in [5, 5.41) is 3.38. The average molecular weight is 261 g/mol. The Labute approximate surface area is 110 Å². The number of ether oxygens (including phenoxy) is 4. The zero-order chi connectivity index (χ0) is 13.1. The third-order valence-corrected chi connectivity index (χ3v) is 3.37. The Morgan fingerprint density at radius 2 is 1.61 bits per heavy atom. The summed E-state index contributed by atoms with van der Waals surface area (Å²) in [5.41, 5.74) is 0.100. The minimum atomic E-state index is 0.100. The summed E-state index contributed by atoms with van der Waals surface area (Å²) < 4.78 is 21.1. The predicted molar refractivity (Wildman–Crippen MR) is 70.0 cm³/mol. The molecule has 0 atom stereocenters. The second-order valence-corrected chi connectivity index (χ2v) is 4.64. The Hall–Kier alpha value is -0.200. The third kappa shape index (κ3) is 6.11. The van der Waals surface area contributed by atoms with Gasteiger partial charge in [-0.25, -0.2) is 0 Å². The zero-order valence-electron chi connectivity index (χ0n) is 11.7. The monoisotopic (exact) mass is 261 g/mol. The molecule has 1 saturated carbocycles. The van der Waals surface area contributed by atoms with Crippen LogP contribution in [0.15, 0.2) is 0 Å². The molecule has 18 heavy (non-hydrogen) atoms. The second-order valence-electron chi connectivity index (χ2n) is 4.64. The van der Waals surface area contributed by atoms with Crippen LogP contribution >= 0.6 is 0 Å². The van der Waals surface area contributed by atoms with Crippen LogP contribution in [0, 0.1) is 0 Å². The van der Waals surface area contributed by atoms with Gasteiger partial charge < -0.3 is 24.3 Å². The molecule has 1 N–H and O–H groups in total. The van der Waals surface area contributed by atoms with E-state index in [2.05, 4.69) is 5.32 Å². The van der Waals surface area contributed by atoms with Crippen molar-refractivity contribution >= 4 is 0 Å². The Balaban J connectivity index is 1.78. The molecule has 0 aliphatic heterocycles. The highest BCUT2D eigenvalue weighted by Crippen LogP contribution is 2.34. The Bertz CT molecular complexity index is 192. The van der Waals surface area contributed by atoms with Crippen molar-refractivity contribution in [1.29, 1.82) is 0 Å². The fraction of sp³-hybridized carbons (Fsp3) is 1.00. The van der Waals surface area contributed by atoms with E-state index in [0.29, 0.717) is 33.0 Å². The molecule has 0 saturated heterocycles. The van der Waals surface area contributed by atoms with Gasteiger partial charge in [0.1, 0.15) is 0 Å². The van der Waals surface area contributed by atoms with Crippen molar-refractivity contribution in [2.24, 2.45) is 0 Å². The minimum Gasteiger partial charge on any atom is -0.382 e. The van der Waals surface area contributed by atoms with E-state index in [1.807, 2.05) is 0 Å². The molecular weight excluding hydrogens is 234 g/mol. The minimum absolute atomic E-state index is 0.100. The van der Waals surface area contributed by atoms with Crippen LogP contribution in [-0.2, 0) is 18.9 Å². The van der Waals surface area contributed by atoms with Crippen LogP contribution in [-0.4, -0.2) is 65.9 Å². The number of nitrogens with one attached hydrogen (secondary N) is 1. The summed E-state index contributed by atoms with van der Waals surface area (Å²) in [4.78, 5) is 0. The SMILES string of the molecule is COCCOCCOCCNCC1(OC)CCC1. The summed E-state index contributed by atoms with van der Waals surface area (Å²) in [5.74, 6) is 0. The molecule has 0 heterocycles. The Morgan fingerprint density at radius 1 is 0.944 bits per heavy atom. The highest BCUT2D eigenvalue weighted by atomic mass is 16.5. The van der Waals surface area contributed by atoms with Gasteiger partial charge in [0, 0.05) is 27.3 Å². The molecule has 1 fully saturated rings. The molecule has 108 valence electrons. The summed E-state index contributed by atoms with van der Waals surface area (Å²) in [6.45, 7) is 5.05. The van der Waals surface area contributed by atoms with Crippen molar-refractivity contribution in [3.63, 3.8) is 0 Å². The van der Waals surface area contributed by atoms with Crippen LogP contribution in [0.3, 0.4) is 0 Å². The van der Waals surface area contributed by atoms with Gasteiger partial charge in [-0.1, -0.05) is 0 Å².